The summed E-state index contributed by atoms with van der Waals surface area (Å²) in [6, 6.07) is 7.50. The summed E-state index contributed by atoms with van der Waals surface area (Å²) in [5.74, 6) is 0.758. The molecule has 144 valence electrons. The fourth-order valence-corrected chi connectivity index (χ4v) is 3.44. The maximum absolute atomic E-state index is 12.1. The molecule has 2 aliphatic rings. The number of aliphatic hydroxyl groups is 2. The van der Waals surface area contributed by atoms with Gasteiger partial charge in [0.25, 0.3) is 0 Å². The van der Waals surface area contributed by atoms with Crippen LogP contribution in [0.25, 0.3) is 0 Å². The molecule has 0 aliphatic carbocycles. The highest BCUT2D eigenvalue weighted by atomic mass is 16.6. The minimum absolute atomic E-state index is 0.0238. The summed E-state index contributed by atoms with van der Waals surface area (Å²) in [5, 5.41) is 28.9. The lowest BCUT2D eigenvalue weighted by Crippen LogP contribution is -2.43. The van der Waals surface area contributed by atoms with Crippen molar-refractivity contribution in [2.75, 3.05) is 33.3 Å². The van der Waals surface area contributed by atoms with E-state index in [0.29, 0.717) is 32.6 Å². The maximum Gasteiger partial charge on any atom is 0.407 e. The average molecular weight is 365 g/mol. The summed E-state index contributed by atoms with van der Waals surface area (Å²) in [7, 11) is 1.62. The van der Waals surface area contributed by atoms with E-state index < -0.39 is 24.4 Å². The zero-order chi connectivity index (χ0) is 18.5. The van der Waals surface area contributed by atoms with E-state index in [4.69, 9.17) is 9.47 Å². The Hall–Kier alpha value is -1.87. The highest BCUT2D eigenvalue weighted by molar-refractivity contribution is 5.67. The summed E-state index contributed by atoms with van der Waals surface area (Å²) >= 11 is 0. The topological polar surface area (TPSA) is 112 Å². The highest BCUT2D eigenvalue weighted by Gasteiger charge is 2.38. The molecule has 0 bridgehead atoms. The van der Waals surface area contributed by atoms with Crippen molar-refractivity contribution in [3.05, 3.63) is 29.8 Å². The van der Waals surface area contributed by atoms with Crippen molar-refractivity contribution in [3.8, 4) is 5.75 Å². The number of β-amino-alcohol motifs (C(OH)–C–C–N with tert-alkyl or cyclic N) is 2. The standard InChI is InChI=1S/C18H27N3O5/c1-25-13-4-2-11(3-5-13)6-14-17(16(23)10-20-14)26-18(24)21-8-12-7-19-9-15(12)22/h2-5,12,14-17,19-20,22-23H,6-10H2,1H3,(H,21,24)/t12-,14-,15+,16+,17+/m1/s1. The Kier molecular flexibility index (Phi) is 6.31. The largest absolute Gasteiger partial charge is 0.497 e. The molecule has 1 aromatic carbocycles. The van der Waals surface area contributed by atoms with Crippen LogP contribution < -0.4 is 20.7 Å². The predicted octanol–water partition coefficient (Wildman–Crippen LogP) is -0.754. The van der Waals surface area contributed by atoms with E-state index in [1.165, 1.54) is 0 Å². The second-order valence-corrected chi connectivity index (χ2v) is 6.87. The number of amides is 1. The molecule has 1 amide bonds. The van der Waals surface area contributed by atoms with Gasteiger partial charge in [0, 0.05) is 32.1 Å². The number of hydrogen-bond acceptors (Lipinski definition) is 7. The third-order valence-corrected chi connectivity index (χ3v) is 5.04. The van der Waals surface area contributed by atoms with Gasteiger partial charge in [-0.1, -0.05) is 12.1 Å². The summed E-state index contributed by atoms with van der Waals surface area (Å²) in [6.45, 7) is 1.92. The van der Waals surface area contributed by atoms with E-state index in [1.807, 2.05) is 24.3 Å². The van der Waals surface area contributed by atoms with Gasteiger partial charge >= 0.3 is 6.09 Å². The van der Waals surface area contributed by atoms with Gasteiger partial charge < -0.3 is 35.6 Å². The molecular formula is C18H27N3O5. The van der Waals surface area contributed by atoms with Gasteiger partial charge in [-0.05, 0) is 24.1 Å². The third-order valence-electron chi connectivity index (χ3n) is 5.04. The zero-order valence-corrected chi connectivity index (χ0v) is 14.9. The van der Waals surface area contributed by atoms with Crippen molar-refractivity contribution in [3.63, 3.8) is 0 Å². The SMILES string of the molecule is COc1ccc(C[C@H]2NC[C@H](O)[C@H]2OC(=O)NC[C@H]2CNC[C@@H]2O)cc1. The van der Waals surface area contributed by atoms with E-state index in [-0.39, 0.29) is 12.0 Å². The number of nitrogens with one attached hydrogen (secondary N) is 3. The van der Waals surface area contributed by atoms with Gasteiger partial charge in [0.1, 0.15) is 18.0 Å². The van der Waals surface area contributed by atoms with Gasteiger partial charge in [-0.2, -0.15) is 0 Å². The molecule has 2 fully saturated rings. The molecule has 0 saturated carbocycles. The molecule has 0 aromatic heterocycles. The van der Waals surface area contributed by atoms with E-state index >= 15 is 0 Å². The molecule has 0 radical (unpaired) electrons. The second-order valence-electron chi connectivity index (χ2n) is 6.87. The lowest BCUT2D eigenvalue weighted by atomic mass is 10.0. The predicted molar refractivity (Wildman–Crippen MR) is 95.1 cm³/mol. The number of ether oxygens (including phenoxy) is 2. The zero-order valence-electron chi connectivity index (χ0n) is 14.9. The molecular weight excluding hydrogens is 338 g/mol. The lowest BCUT2D eigenvalue weighted by Gasteiger charge is -2.23. The van der Waals surface area contributed by atoms with Gasteiger partial charge in [-0.3, -0.25) is 0 Å². The Morgan fingerprint density at radius 2 is 1.96 bits per heavy atom. The summed E-state index contributed by atoms with van der Waals surface area (Å²) in [5.41, 5.74) is 1.06. The van der Waals surface area contributed by atoms with Crippen molar-refractivity contribution < 1.29 is 24.5 Å². The molecule has 8 heteroatoms. The van der Waals surface area contributed by atoms with Crippen LogP contribution in [0.15, 0.2) is 24.3 Å². The number of rotatable bonds is 6. The Balaban J connectivity index is 1.51. The second kappa shape index (κ2) is 8.68. The smallest absolute Gasteiger partial charge is 0.407 e. The van der Waals surface area contributed by atoms with Crippen LogP contribution in [-0.2, 0) is 11.2 Å². The normalized spacial score (nSPS) is 31.0. The minimum atomic E-state index is -0.747. The molecule has 3 rings (SSSR count). The Bertz CT molecular complexity index is 597. The van der Waals surface area contributed by atoms with Crippen molar-refractivity contribution in [2.24, 2.45) is 5.92 Å². The fraction of sp³-hybridized carbons (Fsp3) is 0.611. The van der Waals surface area contributed by atoms with E-state index in [9.17, 15) is 15.0 Å². The molecule has 5 N–H and O–H groups in total. The van der Waals surface area contributed by atoms with Gasteiger partial charge in [0.2, 0.25) is 0 Å². The van der Waals surface area contributed by atoms with Crippen molar-refractivity contribution in [2.45, 2.75) is 30.8 Å². The van der Waals surface area contributed by atoms with Crippen molar-refractivity contribution in [1.29, 1.82) is 0 Å². The lowest BCUT2D eigenvalue weighted by molar-refractivity contribution is 0.0180. The first-order chi connectivity index (χ1) is 12.6. The summed E-state index contributed by atoms with van der Waals surface area (Å²) in [6.07, 6.45) is -1.77. The minimum Gasteiger partial charge on any atom is -0.497 e. The van der Waals surface area contributed by atoms with Crippen LogP contribution in [0.1, 0.15) is 5.56 Å². The van der Waals surface area contributed by atoms with Crippen LogP contribution in [0.3, 0.4) is 0 Å². The first-order valence-electron chi connectivity index (χ1n) is 8.94. The Labute approximate surface area is 152 Å². The molecule has 5 atom stereocenters. The van der Waals surface area contributed by atoms with Gasteiger partial charge in [0.15, 0.2) is 0 Å². The first kappa shape index (κ1) is 18.9. The van der Waals surface area contributed by atoms with Crippen LogP contribution in [-0.4, -0.2) is 73.9 Å². The van der Waals surface area contributed by atoms with Gasteiger partial charge in [-0.25, -0.2) is 4.79 Å². The van der Waals surface area contributed by atoms with Crippen LogP contribution in [0.2, 0.25) is 0 Å². The van der Waals surface area contributed by atoms with Crippen molar-refractivity contribution >= 4 is 6.09 Å². The molecule has 2 heterocycles. The summed E-state index contributed by atoms with van der Waals surface area (Å²) < 4.78 is 10.6. The number of hydrogen-bond donors (Lipinski definition) is 5. The molecule has 0 spiro atoms. The Morgan fingerprint density at radius 1 is 1.19 bits per heavy atom. The van der Waals surface area contributed by atoms with Crippen LogP contribution >= 0.6 is 0 Å². The van der Waals surface area contributed by atoms with E-state index in [2.05, 4.69) is 16.0 Å². The van der Waals surface area contributed by atoms with Crippen molar-refractivity contribution in [1.82, 2.24) is 16.0 Å². The molecule has 26 heavy (non-hydrogen) atoms. The fourth-order valence-electron chi connectivity index (χ4n) is 3.44. The van der Waals surface area contributed by atoms with Gasteiger partial charge in [-0.15, -0.1) is 0 Å². The quantitative estimate of drug-likeness (QED) is 0.451. The number of benzene rings is 1. The number of carbonyl (C=O) groups is 1. The molecule has 1 aromatic rings. The molecule has 8 nitrogen and oxygen atoms in total. The van der Waals surface area contributed by atoms with E-state index in [0.717, 1.165) is 11.3 Å². The van der Waals surface area contributed by atoms with Gasteiger partial charge in [0.05, 0.1) is 19.3 Å². The number of methoxy groups -OCH3 is 1. The average Bonchev–Trinajstić information content (AvgIpc) is 3.20. The highest BCUT2D eigenvalue weighted by Crippen LogP contribution is 2.19. The number of carbonyl (C=O) groups excluding carboxylic acids is 1. The third kappa shape index (κ3) is 4.64. The monoisotopic (exact) mass is 365 g/mol. The first-order valence-corrected chi connectivity index (χ1v) is 8.94. The van der Waals surface area contributed by atoms with Crippen LogP contribution in [0.5, 0.6) is 5.75 Å². The molecule has 2 aliphatic heterocycles. The Morgan fingerprint density at radius 3 is 2.62 bits per heavy atom. The van der Waals surface area contributed by atoms with E-state index in [1.54, 1.807) is 7.11 Å². The number of aliphatic hydroxyl groups excluding tert-OH is 2. The van der Waals surface area contributed by atoms with Crippen LogP contribution in [0, 0.1) is 5.92 Å². The summed E-state index contributed by atoms with van der Waals surface area (Å²) in [4.78, 5) is 12.1. The van der Waals surface area contributed by atoms with Crippen LogP contribution in [0.4, 0.5) is 4.79 Å². The maximum atomic E-state index is 12.1. The molecule has 0 unspecified atom stereocenters. The number of alkyl carbamates (subject to hydrolysis) is 1. The molecule has 2 saturated heterocycles.